The molecule has 0 aromatic heterocycles. The molecule has 132 valence electrons. The van der Waals surface area contributed by atoms with E-state index in [-0.39, 0.29) is 12.5 Å². The van der Waals surface area contributed by atoms with Gasteiger partial charge in [-0.25, -0.2) is 0 Å². The zero-order valence-electron chi connectivity index (χ0n) is 13.6. The molecule has 22 heavy (non-hydrogen) atoms. The van der Waals surface area contributed by atoms with Crippen LogP contribution in [0.15, 0.2) is 0 Å². The Morgan fingerprint density at radius 3 is 2.00 bits per heavy atom. The molecule has 0 radical (unpaired) electrons. The number of unbranched alkanes of at least 4 members (excludes halogenated alkanes) is 8. The molecule has 0 fully saturated rings. The van der Waals surface area contributed by atoms with Gasteiger partial charge in [0, 0.05) is 13.0 Å². The highest BCUT2D eigenvalue weighted by atomic mass is 32.2. The summed E-state index contributed by atoms with van der Waals surface area (Å²) in [7, 11) is -4.21. The van der Waals surface area contributed by atoms with Crippen LogP contribution in [0.1, 0.15) is 71.1 Å². The van der Waals surface area contributed by atoms with Crippen molar-refractivity contribution >= 4 is 16.0 Å². The van der Waals surface area contributed by atoms with Crippen molar-refractivity contribution in [3.05, 3.63) is 0 Å². The summed E-state index contributed by atoms with van der Waals surface area (Å²) in [6.45, 7) is 2.04. The minimum Gasteiger partial charge on any atom is -0.390 e. The van der Waals surface area contributed by atoms with Crippen LogP contribution < -0.4 is 5.32 Å². The predicted molar refractivity (Wildman–Crippen MR) is 87.3 cm³/mol. The first-order valence-electron chi connectivity index (χ1n) is 8.25. The van der Waals surface area contributed by atoms with E-state index in [9.17, 15) is 18.3 Å². The van der Waals surface area contributed by atoms with Crippen LogP contribution in [-0.4, -0.2) is 42.4 Å². The Hall–Kier alpha value is -0.660. The molecule has 0 heterocycles. The second-order valence-corrected chi connectivity index (χ2v) is 7.28. The van der Waals surface area contributed by atoms with Crippen molar-refractivity contribution in [1.82, 2.24) is 5.32 Å². The quantitative estimate of drug-likeness (QED) is 0.333. The molecule has 0 spiro atoms. The van der Waals surface area contributed by atoms with Gasteiger partial charge in [0.1, 0.15) is 5.75 Å². The standard InChI is InChI=1S/C15H31NO5S/c1-2-3-4-5-6-7-8-9-10-11-15(18)16-12-14(17)13-22(19,20)21/h14,17H,2-13H2,1H3,(H,16,18)(H,19,20,21). The average Bonchev–Trinajstić information content (AvgIpc) is 2.41. The number of nitrogens with one attached hydrogen (secondary N) is 1. The first kappa shape index (κ1) is 21.3. The molecule has 7 heteroatoms. The largest absolute Gasteiger partial charge is 0.390 e. The molecule has 0 aliphatic rings. The Balaban J connectivity index is 3.43. The predicted octanol–water partition coefficient (Wildman–Crippen LogP) is 2.27. The first-order valence-corrected chi connectivity index (χ1v) is 9.86. The number of aliphatic hydroxyl groups is 1. The SMILES string of the molecule is CCCCCCCCCCCC(=O)NCC(O)CS(=O)(=O)O. The van der Waals surface area contributed by atoms with Crippen LogP contribution >= 0.6 is 0 Å². The lowest BCUT2D eigenvalue weighted by molar-refractivity contribution is -0.121. The van der Waals surface area contributed by atoms with Crippen LogP contribution in [0.25, 0.3) is 0 Å². The fourth-order valence-corrected chi connectivity index (χ4v) is 2.82. The van der Waals surface area contributed by atoms with Gasteiger partial charge in [-0.3, -0.25) is 9.35 Å². The molecule has 6 nitrogen and oxygen atoms in total. The lowest BCUT2D eigenvalue weighted by atomic mass is 10.1. The van der Waals surface area contributed by atoms with Gasteiger partial charge in [0.15, 0.2) is 0 Å². The maximum atomic E-state index is 11.5. The van der Waals surface area contributed by atoms with Crippen LogP contribution in [0.3, 0.4) is 0 Å². The summed E-state index contributed by atoms with van der Waals surface area (Å²) in [5.41, 5.74) is 0. The Morgan fingerprint density at radius 1 is 1.00 bits per heavy atom. The molecule has 0 bridgehead atoms. The highest BCUT2D eigenvalue weighted by molar-refractivity contribution is 7.85. The van der Waals surface area contributed by atoms with Gasteiger partial charge in [-0.1, -0.05) is 58.3 Å². The van der Waals surface area contributed by atoms with Crippen molar-refractivity contribution in [3.8, 4) is 0 Å². The van der Waals surface area contributed by atoms with Gasteiger partial charge < -0.3 is 10.4 Å². The van der Waals surface area contributed by atoms with Crippen molar-refractivity contribution in [2.24, 2.45) is 0 Å². The lowest BCUT2D eigenvalue weighted by Crippen LogP contribution is -2.35. The average molecular weight is 337 g/mol. The summed E-state index contributed by atoms with van der Waals surface area (Å²) in [4.78, 5) is 11.5. The second kappa shape index (κ2) is 12.8. The van der Waals surface area contributed by atoms with Gasteiger partial charge in [0.2, 0.25) is 5.91 Å². The molecule has 0 saturated heterocycles. The normalized spacial score (nSPS) is 13.0. The van der Waals surface area contributed by atoms with Gasteiger partial charge in [-0.2, -0.15) is 8.42 Å². The molecule has 0 aromatic rings. The summed E-state index contributed by atoms with van der Waals surface area (Å²) in [6, 6.07) is 0. The van der Waals surface area contributed by atoms with E-state index in [2.05, 4.69) is 12.2 Å². The van der Waals surface area contributed by atoms with E-state index in [1.165, 1.54) is 38.5 Å². The van der Waals surface area contributed by atoms with Gasteiger partial charge in [-0.15, -0.1) is 0 Å². The zero-order valence-corrected chi connectivity index (χ0v) is 14.4. The Bertz CT molecular complexity index is 383. The third kappa shape index (κ3) is 15.7. The number of hydrogen-bond donors (Lipinski definition) is 3. The summed E-state index contributed by atoms with van der Waals surface area (Å²) in [5, 5.41) is 11.8. The summed E-state index contributed by atoms with van der Waals surface area (Å²) in [5.74, 6) is -0.956. The van der Waals surface area contributed by atoms with Crippen molar-refractivity contribution in [2.45, 2.75) is 77.2 Å². The van der Waals surface area contributed by atoms with Gasteiger partial charge in [-0.05, 0) is 6.42 Å². The highest BCUT2D eigenvalue weighted by Gasteiger charge is 2.14. The van der Waals surface area contributed by atoms with Crippen molar-refractivity contribution in [2.75, 3.05) is 12.3 Å². The molecule has 0 saturated carbocycles. The monoisotopic (exact) mass is 337 g/mol. The van der Waals surface area contributed by atoms with Gasteiger partial charge in [0.05, 0.1) is 6.10 Å². The molecule has 1 atom stereocenters. The summed E-state index contributed by atoms with van der Waals surface area (Å²) >= 11 is 0. The fraction of sp³-hybridized carbons (Fsp3) is 0.933. The Kier molecular flexibility index (Phi) is 12.5. The van der Waals surface area contributed by atoms with Gasteiger partial charge in [0.25, 0.3) is 10.1 Å². The van der Waals surface area contributed by atoms with Crippen LogP contribution in [0, 0.1) is 0 Å². The molecule has 0 aliphatic carbocycles. The molecule has 0 rings (SSSR count). The van der Waals surface area contributed by atoms with E-state index in [0.29, 0.717) is 6.42 Å². The maximum absolute atomic E-state index is 11.5. The number of carbonyl (C=O) groups is 1. The fourth-order valence-electron chi connectivity index (χ4n) is 2.22. The van der Waals surface area contributed by atoms with Crippen LogP contribution in [0.5, 0.6) is 0 Å². The number of rotatable bonds is 14. The number of carbonyl (C=O) groups excluding carboxylic acids is 1. The second-order valence-electron chi connectivity index (χ2n) is 5.78. The van der Waals surface area contributed by atoms with Crippen LogP contribution in [-0.2, 0) is 14.9 Å². The minimum absolute atomic E-state index is 0.157. The van der Waals surface area contributed by atoms with E-state index in [4.69, 9.17) is 4.55 Å². The maximum Gasteiger partial charge on any atom is 0.267 e. The van der Waals surface area contributed by atoms with E-state index in [1.54, 1.807) is 0 Å². The van der Waals surface area contributed by atoms with E-state index in [1.807, 2.05) is 0 Å². The molecule has 3 N–H and O–H groups in total. The lowest BCUT2D eigenvalue weighted by Gasteiger charge is -2.10. The smallest absolute Gasteiger partial charge is 0.267 e. The van der Waals surface area contributed by atoms with Crippen molar-refractivity contribution in [1.29, 1.82) is 0 Å². The zero-order chi connectivity index (χ0) is 16.8. The van der Waals surface area contributed by atoms with Crippen molar-refractivity contribution < 1.29 is 22.9 Å². The number of aliphatic hydroxyl groups excluding tert-OH is 1. The number of amides is 1. The molecule has 1 unspecified atom stereocenters. The van der Waals surface area contributed by atoms with Gasteiger partial charge >= 0.3 is 0 Å². The molecule has 0 aliphatic heterocycles. The molecular weight excluding hydrogens is 306 g/mol. The summed E-state index contributed by atoms with van der Waals surface area (Å²) in [6.07, 6.45) is 9.68. The number of hydrogen-bond acceptors (Lipinski definition) is 4. The highest BCUT2D eigenvalue weighted by Crippen LogP contribution is 2.10. The Labute approximate surface area is 134 Å². The van der Waals surface area contributed by atoms with Crippen LogP contribution in [0.4, 0.5) is 0 Å². The first-order chi connectivity index (χ1) is 10.3. The topological polar surface area (TPSA) is 104 Å². The summed E-state index contributed by atoms with van der Waals surface area (Å²) < 4.78 is 29.6. The third-order valence-corrected chi connectivity index (χ3v) is 4.25. The van der Waals surface area contributed by atoms with E-state index >= 15 is 0 Å². The van der Waals surface area contributed by atoms with E-state index < -0.39 is 22.0 Å². The third-order valence-electron chi connectivity index (χ3n) is 3.45. The minimum atomic E-state index is -4.21. The Morgan fingerprint density at radius 2 is 1.50 bits per heavy atom. The van der Waals surface area contributed by atoms with Crippen molar-refractivity contribution in [3.63, 3.8) is 0 Å². The van der Waals surface area contributed by atoms with Crippen LogP contribution in [0.2, 0.25) is 0 Å². The molecule has 1 amide bonds. The van der Waals surface area contributed by atoms with E-state index in [0.717, 1.165) is 19.3 Å². The molecule has 0 aromatic carbocycles. The molecular formula is C15H31NO5S.